The van der Waals surface area contributed by atoms with Crippen LogP contribution in [-0.4, -0.2) is 42.2 Å². The molecule has 0 radical (unpaired) electrons. The summed E-state index contributed by atoms with van der Waals surface area (Å²) in [5.41, 5.74) is 1.21. The Hall–Kier alpha value is -3.70. The summed E-state index contributed by atoms with van der Waals surface area (Å²) >= 11 is 0. The zero-order chi connectivity index (χ0) is 25.4. The fraction of sp³-hybridized carbons (Fsp3) is 0.417. The molecule has 12 heteroatoms. The van der Waals surface area contributed by atoms with Crippen LogP contribution in [0, 0.1) is 5.82 Å². The molecule has 0 aliphatic heterocycles. The first-order valence-corrected chi connectivity index (χ1v) is 11.7. The Morgan fingerprint density at radius 1 is 1.14 bits per heavy atom. The van der Waals surface area contributed by atoms with E-state index in [1.165, 1.54) is 0 Å². The molecule has 0 amide bonds. The normalized spacial score (nSPS) is 18.5. The summed E-state index contributed by atoms with van der Waals surface area (Å²) in [6.45, 7) is 2.72. The van der Waals surface area contributed by atoms with E-state index in [0.717, 1.165) is 40.7 Å². The molecular formula is C24H25F4N7O. The van der Waals surface area contributed by atoms with Crippen LogP contribution in [0.4, 0.5) is 23.4 Å². The highest BCUT2D eigenvalue weighted by Gasteiger charge is 2.36. The zero-order valence-corrected chi connectivity index (χ0v) is 19.8. The number of anilines is 1. The van der Waals surface area contributed by atoms with E-state index >= 15 is 0 Å². The highest BCUT2D eigenvalue weighted by atomic mass is 19.4. The minimum atomic E-state index is -4.81. The molecule has 4 aromatic heterocycles. The minimum Gasteiger partial charge on any atom is -0.472 e. The number of rotatable bonds is 6. The smallest absolute Gasteiger partial charge is 0.419 e. The van der Waals surface area contributed by atoms with Crippen LogP contribution in [0.1, 0.15) is 44.2 Å². The molecule has 1 aliphatic rings. The molecule has 0 atom stereocenters. The molecule has 1 N–H and O–H groups in total. The van der Waals surface area contributed by atoms with Crippen molar-refractivity contribution < 1.29 is 22.3 Å². The second kappa shape index (κ2) is 9.40. The van der Waals surface area contributed by atoms with E-state index in [-0.39, 0.29) is 6.04 Å². The van der Waals surface area contributed by atoms with Gasteiger partial charge in [-0.2, -0.15) is 23.4 Å². The standard InChI is InChI=1S/C24H25F4N7O/c1-3-29-20-10-19-17(12-31-20)22(14-11-32-34(2)13-14)33-35(19)15-4-6-16(7-5-15)36-23-21(25)18(8-9-30-23)24(26,27)28/h8-13,15-16H,3-7H2,1-2H3,(H,29,31)/t15-,16+. The number of aromatic nitrogens is 6. The average molecular weight is 504 g/mol. The molecule has 1 fully saturated rings. The van der Waals surface area contributed by atoms with Crippen LogP contribution in [-0.2, 0) is 13.2 Å². The van der Waals surface area contributed by atoms with Crippen molar-refractivity contribution in [2.24, 2.45) is 7.05 Å². The Bertz CT molecular complexity index is 1370. The predicted octanol–water partition coefficient (Wildman–Crippen LogP) is 5.38. The number of halogens is 4. The third kappa shape index (κ3) is 4.59. The number of alkyl halides is 3. The minimum absolute atomic E-state index is 0.0361. The molecule has 0 saturated heterocycles. The summed E-state index contributed by atoms with van der Waals surface area (Å²) in [6, 6.07) is 2.61. The molecule has 4 heterocycles. The van der Waals surface area contributed by atoms with Crippen LogP contribution in [0.15, 0.2) is 36.9 Å². The van der Waals surface area contributed by atoms with Crippen LogP contribution in [0.2, 0.25) is 0 Å². The van der Waals surface area contributed by atoms with E-state index in [9.17, 15) is 17.6 Å². The van der Waals surface area contributed by atoms with Crippen molar-refractivity contribution >= 4 is 16.7 Å². The van der Waals surface area contributed by atoms with Gasteiger partial charge in [0, 0.05) is 49.2 Å². The van der Waals surface area contributed by atoms with Gasteiger partial charge in [-0.3, -0.25) is 9.36 Å². The monoisotopic (exact) mass is 503 g/mol. The number of nitrogens with zero attached hydrogens (tertiary/aromatic N) is 6. The second-order valence-corrected chi connectivity index (χ2v) is 8.84. The fourth-order valence-electron chi connectivity index (χ4n) is 4.64. The van der Waals surface area contributed by atoms with Gasteiger partial charge in [0.1, 0.15) is 17.6 Å². The molecule has 1 aliphatic carbocycles. The third-order valence-corrected chi connectivity index (χ3v) is 6.36. The average Bonchev–Trinajstić information content (AvgIpc) is 3.44. The molecule has 0 unspecified atom stereocenters. The van der Waals surface area contributed by atoms with Gasteiger partial charge in [0.05, 0.1) is 23.3 Å². The number of pyridine rings is 2. The highest BCUT2D eigenvalue weighted by molar-refractivity contribution is 5.93. The van der Waals surface area contributed by atoms with Crippen molar-refractivity contribution in [1.29, 1.82) is 0 Å². The lowest BCUT2D eigenvalue weighted by atomic mass is 9.93. The van der Waals surface area contributed by atoms with E-state index in [1.807, 2.05) is 30.9 Å². The Morgan fingerprint density at radius 3 is 2.58 bits per heavy atom. The number of nitrogens with one attached hydrogen (secondary N) is 1. The molecule has 0 aromatic carbocycles. The predicted molar refractivity (Wildman–Crippen MR) is 125 cm³/mol. The number of aryl methyl sites for hydroxylation is 1. The molecule has 5 rings (SSSR count). The first kappa shape index (κ1) is 24.0. The first-order valence-electron chi connectivity index (χ1n) is 11.7. The summed E-state index contributed by atoms with van der Waals surface area (Å²) in [5.74, 6) is -1.35. The van der Waals surface area contributed by atoms with Gasteiger partial charge in [-0.05, 0) is 38.7 Å². The van der Waals surface area contributed by atoms with Gasteiger partial charge < -0.3 is 10.1 Å². The van der Waals surface area contributed by atoms with Crippen LogP contribution >= 0.6 is 0 Å². The summed E-state index contributed by atoms with van der Waals surface area (Å²) in [5, 5.41) is 13.3. The molecule has 0 bridgehead atoms. The zero-order valence-electron chi connectivity index (χ0n) is 19.8. The van der Waals surface area contributed by atoms with Crippen molar-refractivity contribution in [2.45, 2.75) is 50.9 Å². The maximum atomic E-state index is 14.4. The van der Waals surface area contributed by atoms with Crippen LogP contribution in [0.5, 0.6) is 5.88 Å². The summed E-state index contributed by atoms with van der Waals surface area (Å²) in [4.78, 5) is 8.20. The molecular weight excluding hydrogens is 478 g/mol. The fourth-order valence-corrected chi connectivity index (χ4v) is 4.64. The lowest BCUT2D eigenvalue weighted by molar-refractivity contribution is -0.140. The van der Waals surface area contributed by atoms with Crippen molar-refractivity contribution in [1.82, 2.24) is 29.5 Å². The van der Waals surface area contributed by atoms with Gasteiger partial charge in [0.2, 0.25) is 0 Å². The van der Waals surface area contributed by atoms with Crippen molar-refractivity contribution in [3.63, 3.8) is 0 Å². The van der Waals surface area contributed by atoms with E-state index in [2.05, 4.69) is 20.4 Å². The Balaban J connectivity index is 1.38. The highest BCUT2D eigenvalue weighted by Crippen LogP contribution is 2.38. The molecule has 0 spiro atoms. The van der Waals surface area contributed by atoms with Gasteiger partial charge in [-0.15, -0.1) is 0 Å². The molecule has 1 saturated carbocycles. The van der Waals surface area contributed by atoms with Crippen LogP contribution in [0.25, 0.3) is 22.2 Å². The maximum absolute atomic E-state index is 14.4. The number of hydrogen-bond donors (Lipinski definition) is 1. The molecule has 4 aromatic rings. The lowest BCUT2D eigenvalue weighted by Crippen LogP contribution is -2.27. The van der Waals surface area contributed by atoms with Gasteiger partial charge in [0.15, 0.2) is 5.82 Å². The van der Waals surface area contributed by atoms with Crippen LogP contribution < -0.4 is 10.1 Å². The maximum Gasteiger partial charge on any atom is 0.419 e. The first-order chi connectivity index (χ1) is 17.2. The summed E-state index contributed by atoms with van der Waals surface area (Å²) in [7, 11) is 1.84. The van der Waals surface area contributed by atoms with E-state index in [1.54, 1.807) is 17.1 Å². The number of fused-ring (bicyclic) bond motifs is 1. The van der Waals surface area contributed by atoms with E-state index < -0.39 is 29.5 Å². The Morgan fingerprint density at radius 2 is 1.92 bits per heavy atom. The van der Waals surface area contributed by atoms with E-state index in [0.29, 0.717) is 31.7 Å². The second-order valence-electron chi connectivity index (χ2n) is 8.84. The Labute approximate surface area is 204 Å². The van der Waals surface area contributed by atoms with Gasteiger partial charge >= 0.3 is 6.18 Å². The quantitative estimate of drug-likeness (QED) is 0.356. The van der Waals surface area contributed by atoms with Gasteiger partial charge in [-0.25, -0.2) is 14.4 Å². The largest absolute Gasteiger partial charge is 0.472 e. The van der Waals surface area contributed by atoms with Crippen molar-refractivity contribution in [3.8, 4) is 17.1 Å². The third-order valence-electron chi connectivity index (χ3n) is 6.36. The topological polar surface area (TPSA) is 82.7 Å². The molecule has 190 valence electrons. The SMILES string of the molecule is CCNc1cc2c(cn1)c(-c1cnn(C)c1)nn2[C@H]1CC[C@@H](Oc2nccc(C(F)(F)F)c2F)CC1. The van der Waals surface area contributed by atoms with Crippen molar-refractivity contribution in [3.05, 3.63) is 48.3 Å². The van der Waals surface area contributed by atoms with Crippen molar-refractivity contribution in [2.75, 3.05) is 11.9 Å². The molecule has 8 nitrogen and oxygen atoms in total. The number of ether oxygens (including phenoxy) is 1. The van der Waals surface area contributed by atoms with Crippen LogP contribution in [0.3, 0.4) is 0 Å². The summed E-state index contributed by atoms with van der Waals surface area (Å²) < 4.78 is 62.7. The lowest BCUT2D eigenvalue weighted by Gasteiger charge is -2.29. The Kier molecular flexibility index (Phi) is 6.27. The molecule has 36 heavy (non-hydrogen) atoms. The summed E-state index contributed by atoms with van der Waals surface area (Å²) in [6.07, 6.45) is 3.49. The van der Waals surface area contributed by atoms with Gasteiger partial charge in [-0.1, -0.05) is 0 Å². The van der Waals surface area contributed by atoms with E-state index in [4.69, 9.17) is 9.84 Å². The number of hydrogen-bond acceptors (Lipinski definition) is 6. The van der Waals surface area contributed by atoms with Gasteiger partial charge in [0.25, 0.3) is 5.88 Å².